The van der Waals surface area contributed by atoms with Crippen molar-refractivity contribution < 1.29 is 38.9 Å². The Labute approximate surface area is 298 Å². The van der Waals surface area contributed by atoms with Gasteiger partial charge >= 0.3 is 0 Å². The maximum Gasteiger partial charge on any atom is 0.245 e. The second kappa shape index (κ2) is 19.5. The van der Waals surface area contributed by atoms with Crippen molar-refractivity contribution in [3.05, 3.63) is 35.9 Å². The molecular formula is C37H63N5O8. The lowest BCUT2D eigenvalue weighted by molar-refractivity contribution is -0.148. The molecule has 4 amide bonds. The molecule has 0 bridgehead atoms. The normalized spacial score (nSPS) is 20.8. The van der Waals surface area contributed by atoms with E-state index in [1.165, 1.54) is 21.1 Å². The number of carbonyl (C=O) groups is 4. The van der Waals surface area contributed by atoms with E-state index in [4.69, 9.17) is 15.2 Å². The predicted octanol–water partition coefficient (Wildman–Crippen LogP) is 2.00. The van der Waals surface area contributed by atoms with Gasteiger partial charge in [-0.15, -0.1) is 0 Å². The number of methoxy groups -OCH3 is 2. The zero-order valence-corrected chi connectivity index (χ0v) is 31.7. The van der Waals surface area contributed by atoms with Gasteiger partial charge in [-0.25, -0.2) is 0 Å². The second-order valence-electron chi connectivity index (χ2n) is 14.5. The van der Waals surface area contributed by atoms with Gasteiger partial charge in [0, 0.05) is 27.8 Å². The minimum absolute atomic E-state index is 0.0129. The number of hydrogen-bond acceptors (Lipinski definition) is 9. The monoisotopic (exact) mass is 705 g/mol. The number of nitrogens with zero attached hydrogens (tertiary/aromatic N) is 2. The van der Waals surface area contributed by atoms with Crippen molar-refractivity contribution in [2.24, 2.45) is 23.5 Å². The maximum absolute atomic E-state index is 14.1. The third kappa shape index (κ3) is 10.7. The molecule has 10 atom stereocenters. The molecule has 1 aromatic rings. The molecule has 13 heteroatoms. The van der Waals surface area contributed by atoms with Crippen molar-refractivity contribution in [3.8, 4) is 0 Å². The number of aliphatic hydroxyl groups excluding tert-OH is 2. The topological polar surface area (TPSA) is 184 Å². The summed E-state index contributed by atoms with van der Waals surface area (Å²) in [7, 11) is 4.71. The second-order valence-corrected chi connectivity index (χ2v) is 14.5. The largest absolute Gasteiger partial charge is 0.394 e. The quantitative estimate of drug-likeness (QED) is 0.144. The fourth-order valence-electron chi connectivity index (χ4n) is 6.79. The summed E-state index contributed by atoms with van der Waals surface area (Å²) in [6.07, 6.45) is -0.0818. The molecule has 0 spiro atoms. The number of likely N-dealkylation sites (N-methyl/N-ethyl adjacent to an activating group) is 1. The number of aliphatic hydroxyl groups is 2. The fourth-order valence-corrected chi connectivity index (χ4v) is 6.79. The van der Waals surface area contributed by atoms with Crippen LogP contribution in [0.5, 0.6) is 0 Å². The first-order valence-corrected chi connectivity index (χ1v) is 17.8. The predicted molar refractivity (Wildman–Crippen MR) is 192 cm³/mol. The first-order chi connectivity index (χ1) is 23.5. The fraction of sp³-hybridized carbons (Fsp3) is 0.730. The van der Waals surface area contributed by atoms with E-state index in [-0.39, 0.29) is 42.0 Å². The summed E-state index contributed by atoms with van der Waals surface area (Å²) in [4.78, 5) is 57.6. The first kappa shape index (κ1) is 43.1. The van der Waals surface area contributed by atoms with E-state index < -0.39 is 60.4 Å². The lowest BCUT2D eigenvalue weighted by atomic mass is 9.89. The number of nitrogens with two attached hydrogens (primary N) is 1. The van der Waals surface area contributed by atoms with E-state index in [2.05, 4.69) is 10.6 Å². The van der Waals surface area contributed by atoms with Crippen molar-refractivity contribution in [1.82, 2.24) is 20.4 Å². The minimum Gasteiger partial charge on any atom is -0.394 e. The molecule has 1 heterocycles. The van der Waals surface area contributed by atoms with E-state index in [1.807, 2.05) is 45.9 Å². The summed E-state index contributed by atoms with van der Waals surface area (Å²) in [6.45, 7) is 12.4. The Morgan fingerprint density at radius 3 is 2.20 bits per heavy atom. The number of hydrogen-bond donors (Lipinski definition) is 5. The van der Waals surface area contributed by atoms with Gasteiger partial charge in [0.15, 0.2) is 0 Å². The van der Waals surface area contributed by atoms with E-state index >= 15 is 0 Å². The molecule has 284 valence electrons. The molecule has 0 aromatic heterocycles. The number of amides is 4. The van der Waals surface area contributed by atoms with Gasteiger partial charge < -0.3 is 45.9 Å². The van der Waals surface area contributed by atoms with Gasteiger partial charge in [-0.05, 0) is 44.1 Å². The third-order valence-electron chi connectivity index (χ3n) is 10.3. The lowest BCUT2D eigenvalue weighted by Gasteiger charge is -2.41. The van der Waals surface area contributed by atoms with Crippen molar-refractivity contribution in [2.75, 3.05) is 34.4 Å². The number of benzene rings is 1. The van der Waals surface area contributed by atoms with Crippen LogP contribution in [0, 0.1) is 17.8 Å². The summed E-state index contributed by atoms with van der Waals surface area (Å²) < 4.78 is 11.8. The molecule has 0 aliphatic carbocycles. The lowest BCUT2D eigenvalue weighted by Crippen LogP contribution is -2.62. The molecule has 0 radical (unpaired) electrons. The summed E-state index contributed by atoms with van der Waals surface area (Å²) in [5.41, 5.74) is 5.08. The zero-order valence-electron chi connectivity index (χ0n) is 31.7. The highest BCUT2D eigenvalue weighted by molar-refractivity contribution is 5.92. The Morgan fingerprint density at radius 1 is 1.06 bits per heavy atom. The number of ether oxygens (including phenoxy) is 2. The molecule has 1 aromatic carbocycles. The highest BCUT2D eigenvalue weighted by Crippen LogP contribution is 2.30. The van der Waals surface area contributed by atoms with E-state index in [0.29, 0.717) is 24.9 Å². The number of nitrogens with one attached hydrogen (secondary N) is 2. The number of likely N-dealkylation sites (tertiary alicyclic amines) is 1. The van der Waals surface area contributed by atoms with Crippen LogP contribution in [0.25, 0.3) is 0 Å². The van der Waals surface area contributed by atoms with E-state index in [0.717, 1.165) is 6.42 Å². The Bertz CT molecular complexity index is 1250. The van der Waals surface area contributed by atoms with Crippen LogP contribution in [0.15, 0.2) is 30.3 Å². The van der Waals surface area contributed by atoms with E-state index in [1.54, 1.807) is 42.8 Å². The summed E-state index contributed by atoms with van der Waals surface area (Å²) >= 11 is 0. The Hall–Kier alpha value is -3.10. The van der Waals surface area contributed by atoms with Gasteiger partial charge in [0.05, 0.1) is 55.4 Å². The average molecular weight is 706 g/mol. The van der Waals surface area contributed by atoms with Crippen molar-refractivity contribution in [1.29, 1.82) is 0 Å². The Morgan fingerprint density at radius 2 is 1.68 bits per heavy atom. The van der Waals surface area contributed by atoms with Crippen LogP contribution in [0.2, 0.25) is 0 Å². The Kier molecular flexibility index (Phi) is 16.8. The van der Waals surface area contributed by atoms with Gasteiger partial charge in [-0.2, -0.15) is 0 Å². The molecule has 6 N–H and O–H groups in total. The molecule has 1 aliphatic rings. The van der Waals surface area contributed by atoms with Gasteiger partial charge in [0.1, 0.15) is 11.6 Å². The van der Waals surface area contributed by atoms with Gasteiger partial charge in [0.2, 0.25) is 23.6 Å². The van der Waals surface area contributed by atoms with Crippen LogP contribution < -0.4 is 16.4 Å². The van der Waals surface area contributed by atoms with Gasteiger partial charge in [-0.3, -0.25) is 19.2 Å². The molecular weight excluding hydrogens is 642 g/mol. The molecule has 1 fully saturated rings. The highest BCUT2D eigenvalue weighted by atomic mass is 16.5. The average Bonchev–Trinajstić information content (AvgIpc) is 3.59. The van der Waals surface area contributed by atoms with Gasteiger partial charge in [0.25, 0.3) is 0 Å². The standard InChI is InChI=1S/C37H63N5O8/c1-11-23(4)31(41(8)35(47)30(22(2)3)40-36(48)37(7,38)21-43)28(49-9)20-29(44)42-19-15-18-27(42)33(50-10)24(5)34(46)39-25(6)32(45)26-16-13-12-14-17-26/h12-14,16-17,22-25,27-28,30-33,43,45H,11,15,18-21,38H2,1-10H3,(H,39,46)(H,40,48)/t23-,24+,25+,27-,28+,30-,31-,32+,33+,37?/m0/s1. The van der Waals surface area contributed by atoms with Crippen LogP contribution in [-0.2, 0) is 28.7 Å². The molecule has 50 heavy (non-hydrogen) atoms. The van der Waals surface area contributed by atoms with Crippen molar-refractivity contribution in [3.63, 3.8) is 0 Å². The van der Waals surface area contributed by atoms with Crippen LogP contribution in [0.1, 0.15) is 85.8 Å². The smallest absolute Gasteiger partial charge is 0.245 e. The zero-order chi connectivity index (χ0) is 37.9. The molecule has 1 aliphatic heterocycles. The minimum atomic E-state index is -1.56. The maximum atomic E-state index is 14.1. The molecule has 2 rings (SSSR count). The summed E-state index contributed by atoms with van der Waals surface area (Å²) in [6, 6.07) is 6.78. The van der Waals surface area contributed by atoms with E-state index in [9.17, 15) is 29.4 Å². The van der Waals surface area contributed by atoms with Crippen molar-refractivity contribution in [2.45, 2.75) is 122 Å². The van der Waals surface area contributed by atoms with Crippen LogP contribution >= 0.6 is 0 Å². The molecule has 13 nitrogen and oxygen atoms in total. The highest BCUT2D eigenvalue weighted by Gasteiger charge is 2.43. The Balaban J connectivity index is 2.24. The van der Waals surface area contributed by atoms with Crippen molar-refractivity contribution >= 4 is 23.6 Å². The number of carbonyl (C=O) groups excluding carboxylic acids is 4. The molecule has 0 saturated carbocycles. The summed E-state index contributed by atoms with van der Waals surface area (Å²) in [5.74, 6) is -2.44. The SMILES string of the molecule is CC[C@H](C)[C@@H]([C@@H](CC(=O)N1CCC[C@H]1[C@H](OC)[C@@H](C)C(=O)N[C@H](C)[C@@H](O)c1ccccc1)OC)N(C)C(=O)[C@@H](NC(=O)C(C)(N)CO)C(C)C. The van der Waals surface area contributed by atoms with Crippen LogP contribution in [-0.4, -0.2) is 120 Å². The first-order valence-electron chi connectivity index (χ1n) is 17.8. The van der Waals surface area contributed by atoms with Gasteiger partial charge in [-0.1, -0.05) is 71.4 Å². The van der Waals surface area contributed by atoms with Crippen LogP contribution in [0.3, 0.4) is 0 Å². The van der Waals surface area contributed by atoms with Crippen LogP contribution in [0.4, 0.5) is 0 Å². The molecule has 1 unspecified atom stereocenters. The summed E-state index contributed by atoms with van der Waals surface area (Å²) in [5, 5.41) is 26.0. The third-order valence-corrected chi connectivity index (χ3v) is 10.3. The molecule has 1 saturated heterocycles. The number of rotatable bonds is 19.